The summed E-state index contributed by atoms with van der Waals surface area (Å²) in [7, 11) is 4.16. The highest BCUT2D eigenvalue weighted by Gasteiger charge is 2.32. The fourth-order valence-corrected chi connectivity index (χ4v) is 3.43. The van der Waals surface area contributed by atoms with E-state index in [1.807, 2.05) is 13.8 Å². The van der Waals surface area contributed by atoms with Crippen molar-refractivity contribution in [1.82, 2.24) is 4.90 Å². The van der Waals surface area contributed by atoms with Gasteiger partial charge in [0, 0.05) is 32.9 Å². The van der Waals surface area contributed by atoms with E-state index in [9.17, 15) is 13.2 Å². The summed E-state index contributed by atoms with van der Waals surface area (Å²) in [6.07, 6.45) is -2.45. The van der Waals surface area contributed by atoms with Crippen LogP contribution in [0.25, 0.3) is 0 Å². The van der Waals surface area contributed by atoms with E-state index < -0.39 is 11.7 Å². The molecule has 1 fully saturated rings. The molecule has 0 saturated carbocycles. The van der Waals surface area contributed by atoms with Crippen molar-refractivity contribution in [3.05, 3.63) is 65.2 Å². The van der Waals surface area contributed by atoms with E-state index in [1.165, 1.54) is 42.9 Å². The molecule has 2 nitrogen and oxygen atoms in total. The number of benzene rings is 2. The maximum atomic E-state index is 12.2. The third-order valence-electron chi connectivity index (χ3n) is 5.07. The van der Waals surface area contributed by atoms with E-state index in [0.29, 0.717) is 12.0 Å². The molecule has 1 unspecified atom stereocenters. The molecule has 5 heteroatoms. The lowest BCUT2D eigenvalue weighted by Crippen LogP contribution is -2.19. The molecule has 1 aliphatic rings. The number of nitrogens with zero attached hydrogens (tertiary/aromatic N) is 2. The molecule has 0 aromatic heterocycles. The number of likely N-dealkylation sites (tertiary alicyclic amines) is 1. The molecular formula is C25H37F3N2. The zero-order valence-corrected chi connectivity index (χ0v) is 19.3. The summed E-state index contributed by atoms with van der Waals surface area (Å²) in [5, 5.41) is 0. The highest BCUT2D eigenvalue weighted by atomic mass is 19.4. The Morgan fingerprint density at radius 3 is 2.03 bits per heavy atom. The molecule has 1 atom stereocenters. The molecule has 0 amide bonds. The summed E-state index contributed by atoms with van der Waals surface area (Å²) >= 11 is 0. The van der Waals surface area contributed by atoms with Crippen LogP contribution in [0.3, 0.4) is 0 Å². The Bertz CT molecular complexity index is 724. The Labute approximate surface area is 180 Å². The largest absolute Gasteiger partial charge is 0.416 e. The van der Waals surface area contributed by atoms with Crippen LogP contribution in [0.15, 0.2) is 48.5 Å². The molecule has 30 heavy (non-hydrogen) atoms. The molecule has 1 aliphatic heterocycles. The molecule has 168 valence electrons. The van der Waals surface area contributed by atoms with Crippen molar-refractivity contribution < 1.29 is 13.2 Å². The van der Waals surface area contributed by atoms with Crippen LogP contribution in [0.1, 0.15) is 50.8 Å². The van der Waals surface area contributed by atoms with Crippen molar-refractivity contribution >= 4 is 5.69 Å². The highest BCUT2D eigenvalue weighted by Crippen LogP contribution is 2.31. The molecule has 2 aromatic carbocycles. The van der Waals surface area contributed by atoms with Crippen molar-refractivity contribution in [3.8, 4) is 0 Å². The van der Waals surface area contributed by atoms with Crippen LogP contribution in [0.5, 0.6) is 0 Å². The van der Waals surface area contributed by atoms with Gasteiger partial charge in [0.2, 0.25) is 0 Å². The minimum Gasteiger partial charge on any atom is -0.378 e. The van der Waals surface area contributed by atoms with Crippen LogP contribution < -0.4 is 4.90 Å². The first-order valence-electron chi connectivity index (χ1n) is 10.8. The SMILES string of the molecule is CC.CC1CCN(Cc2ccc(N(C)C)cc2)C1.CCc1ccccc1C(F)(F)F. The van der Waals surface area contributed by atoms with Crippen molar-refractivity contribution in [2.24, 2.45) is 5.92 Å². The summed E-state index contributed by atoms with van der Waals surface area (Å²) < 4.78 is 36.7. The Morgan fingerprint density at radius 1 is 1.00 bits per heavy atom. The predicted octanol–water partition coefficient (Wildman–Crippen LogP) is 6.89. The van der Waals surface area contributed by atoms with Crippen LogP contribution in [0, 0.1) is 5.92 Å². The molecule has 0 aliphatic carbocycles. The second-order valence-electron chi connectivity index (χ2n) is 7.70. The molecule has 0 spiro atoms. The van der Waals surface area contributed by atoms with Gasteiger partial charge in [-0.15, -0.1) is 0 Å². The van der Waals surface area contributed by atoms with Gasteiger partial charge in [-0.05, 0) is 54.6 Å². The van der Waals surface area contributed by atoms with E-state index in [2.05, 4.69) is 55.1 Å². The molecular weight excluding hydrogens is 385 g/mol. The molecule has 0 N–H and O–H groups in total. The predicted molar refractivity (Wildman–Crippen MR) is 122 cm³/mol. The summed E-state index contributed by atoms with van der Waals surface area (Å²) in [5.41, 5.74) is 2.54. The Morgan fingerprint density at radius 2 is 1.60 bits per heavy atom. The quantitative estimate of drug-likeness (QED) is 0.529. The lowest BCUT2D eigenvalue weighted by Gasteiger charge is -2.17. The molecule has 1 heterocycles. The Kier molecular flexibility index (Phi) is 11.0. The average molecular weight is 423 g/mol. The molecule has 3 rings (SSSR count). The molecule has 1 saturated heterocycles. The van der Waals surface area contributed by atoms with Gasteiger partial charge in [-0.1, -0.05) is 58.0 Å². The first kappa shape index (κ1) is 26.0. The van der Waals surface area contributed by atoms with Crippen molar-refractivity contribution in [1.29, 1.82) is 0 Å². The summed E-state index contributed by atoms with van der Waals surface area (Å²) in [6, 6.07) is 14.5. The third-order valence-corrected chi connectivity index (χ3v) is 5.07. The number of alkyl halides is 3. The fourth-order valence-electron chi connectivity index (χ4n) is 3.43. The van der Waals surface area contributed by atoms with Gasteiger partial charge in [0.15, 0.2) is 0 Å². The van der Waals surface area contributed by atoms with Crippen LogP contribution >= 0.6 is 0 Å². The van der Waals surface area contributed by atoms with Gasteiger partial charge in [0.25, 0.3) is 0 Å². The first-order chi connectivity index (χ1) is 14.2. The van der Waals surface area contributed by atoms with Crippen molar-refractivity contribution in [2.45, 2.75) is 53.3 Å². The summed E-state index contributed by atoms with van der Waals surface area (Å²) in [4.78, 5) is 4.69. The minimum atomic E-state index is -4.22. The topological polar surface area (TPSA) is 6.48 Å². The lowest BCUT2D eigenvalue weighted by atomic mass is 10.1. The zero-order valence-electron chi connectivity index (χ0n) is 19.3. The highest BCUT2D eigenvalue weighted by molar-refractivity contribution is 5.45. The van der Waals surface area contributed by atoms with Gasteiger partial charge in [-0.2, -0.15) is 13.2 Å². The maximum Gasteiger partial charge on any atom is 0.416 e. The van der Waals surface area contributed by atoms with E-state index in [4.69, 9.17) is 0 Å². The maximum absolute atomic E-state index is 12.2. The van der Waals surface area contributed by atoms with Gasteiger partial charge >= 0.3 is 6.18 Å². The number of hydrogen-bond donors (Lipinski definition) is 0. The van der Waals surface area contributed by atoms with E-state index in [1.54, 1.807) is 13.0 Å². The molecule has 2 aromatic rings. The second-order valence-corrected chi connectivity index (χ2v) is 7.70. The summed E-state index contributed by atoms with van der Waals surface area (Å²) in [5.74, 6) is 0.876. The standard InChI is InChI=1S/C14H22N2.C9H9F3.C2H6/c1-12-8-9-16(10-12)11-13-4-6-14(7-5-13)15(2)3;1-2-7-5-3-4-6-8(7)9(10,11)12;1-2/h4-7,12H,8-11H2,1-3H3;3-6H,2H2,1H3;1-2H3. The van der Waals surface area contributed by atoms with E-state index in [0.717, 1.165) is 18.5 Å². The summed E-state index contributed by atoms with van der Waals surface area (Å²) in [6.45, 7) is 11.7. The van der Waals surface area contributed by atoms with Crippen LogP contribution in [0.2, 0.25) is 0 Å². The van der Waals surface area contributed by atoms with Gasteiger partial charge in [-0.25, -0.2) is 0 Å². The fraction of sp³-hybridized carbons (Fsp3) is 0.520. The zero-order chi connectivity index (χ0) is 22.7. The molecule has 0 bridgehead atoms. The van der Waals surface area contributed by atoms with E-state index in [-0.39, 0.29) is 0 Å². The smallest absolute Gasteiger partial charge is 0.378 e. The number of aryl methyl sites for hydroxylation is 1. The lowest BCUT2D eigenvalue weighted by molar-refractivity contribution is -0.138. The molecule has 0 radical (unpaired) electrons. The normalized spacial score (nSPS) is 16.2. The number of anilines is 1. The minimum absolute atomic E-state index is 0.352. The number of hydrogen-bond acceptors (Lipinski definition) is 2. The number of rotatable bonds is 4. The van der Waals surface area contributed by atoms with E-state index >= 15 is 0 Å². The Hall–Kier alpha value is -2.01. The average Bonchev–Trinajstić information content (AvgIpc) is 3.14. The van der Waals surface area contributed by atoms with Crippen molar-refractivity contribution in [3.63, 3.8) is 0 Å². The van der Waals surface area contributed by atoms with Gasteiger partial charge in [0.1, 0.15) is 0 Å². The van der Waals surface area contributed by atoms with Crippen LogP contribution in [-0.2, 0) is 19.1 Å². The van der Waals surface area contributed by atoms with Gasteiger partial charge in [-0.3, -0.25) is 4.90 Å². The monoisotopic (exact) mass is 422 g/mol. The first-order valence-corrected chi connectivity index (χ1v) is 10.8. The van der Waals surface area contributed by atoms with Crippen molar-refractivity contribution in [2.75, 3.05) is 32.1 Å². The van der Waals surface area contributed by atoms with Gasteiger partial charge in [0.05, 0.1) is 5.56 Å². The number of halogens is 3. The van der Waals surface area contributed by atoms with Crippen LogP contribution in [-0.4, -0.2) is 32.1 Å². The third kappa shape index (κ3) is 8.39. The van der Waals surface area contributed by atoms with Crippen LogP contribution in [0.4, 0.5) is 18.9 Å². The van der Waals surface area contributed by atoms with Gasteiger partial charge < -0.3 is 4.90 Å². The second kappa shape index (κ2) is 12.6. The Balaban J connectivity index is 0.000000287.